The first kappa shape index (κ1) is 38.1. The number of aromatic nitrogens is 4. The molecule has 2 aliphatic rings. The summed E-state index contributed by atoms with van der Waals surface area (Å²) in [7, 11) is 0. The van der Waals surface area contributed by atoms with E-state index in [0.717, 1.165) is 39.1 Å². The zero-order chi connectivity index (χ0) is 44.1. The smallest absolute Gasteiger partial charge is 0.164 e. The third kappa shape index (κ3) is 5.76. The number of rotatable bonds is 6. The van der Waals surface area contributed by atoms with Gasteiger partial charge in [0.25, 0.3) is 0 Å². The van der Waals surface area contributed by atoms with E-state index in [9.17, 15) is 0 Å². The number of anilines is 1. The van der Waals surface area contributed by atoms with E-state index in [1.807, 2.05) is 36.4 Å². The van der Waals surface area contributed by atoms with Gasteiger partial charge in [0.05, 0.1) is 11.0 Å². The number of para-hydroxylation sites is 1. The number of fused-ring (bicyclic) bond motifs is 10. The van der Waals surface area contributed by atoms with Crippen molar-refractivity contribution in [1.29, 1.82) is 0 Å². The van der Waals surface area contributed by atoms with Gasteiger partial charge in [-0.1, -0.05) is 190 Å². The largest absolute Gasteiger partial charge is 0.398 e. The van der Waals surface area contributed by atoms with E-state index in [1.54, 1.807) is 0 Å². The summed E-state index contributed by atoms with van der Waals surface area (Å²) in [5.74, 6) is 1.69. The van der Waals surface area contributed by atoms with E-state index >= 15 is 0 Å². The van der Waals surface area contributed by atoms with Crippen molar-refractivity contribution in [3.8, 4) is 73.2 Å². The van der Waals surface area contributed by atoms with E-state index in [4.69, 9.17) is 20.7 Å². The van der Waals surface area contributed by atoms with Gasteiger partial charge in [-0.15, -0.1) is 0 Å². The predicted octanol–water partition coefficient (Wildman–Crippen LogP) is 14.7. The van der Waals surface area contributed by atoms with Crippen molar-refractivity contribution in [2.24, 2.45) is 0 Å². The van der Waals surface area contributed by atoms with E-state index in [1.165, 1.54) is 66.3 Å². The Morgan fingerprint density at radius 3 is 1.74 bits per heavy atom. The van der Waals surface area contributed by atoms with E-state index in [-0.39, 0.29) is 11.3 Å². The van der Waals surface area contributed by atoms with Crippen LogP contribution in [0.3, 0.4) is 0 Å². The topological polar surface area (TPSA) is 69.6 Å². The molecule has 5 nitrogen and oxygen atoms in total. The Morgan fingerprint density at radius 2 is 0.985 bits per heavy atom. The van der Waals surface area contributed by atoms with Crippen LogP contribution in [0.25, 0.3) is 95.0 Å². The SMILES string of the molecule is CC1(C)c2ccccc2-c2ccc(-n3c4ccccc4c4c5c(ccc43)-c3ccccc3C5c3ccc(-c4nc(-c5ccccc5)nc(-c5ccc(-c6ccccc6)cc5)n4)cc3N)cc21. The van der Waals surface area contributed by atoms with Gasteiger partial charge in [0.1, 0.15) is 0 Å². The van der Waals surface area contributed by atoms with Crippen LogP contribution in [0.5, 0.6) is 0 Å². The number of hydrogen-bond acceptors (Lipinski definition) is 4. The number of nitrogens with zero attached hydrogens (tertiary/aromatic N) is 4. The Bertz CT molecular complexity index is 3740. The second-order valence-electron chi connectivity index (χ2n) is 18.2. The minimum absolute atomic E-state index is 0.0985. The molecule has 2 heterocycles. The summed E-state index contributed by atoms with van der Waals surface area (Å²) in [6.07, 6.45) is 0. The molecule has 0 bridgehead atoms. The van der Waals surface area contributed by atoms with E-state index in [2.05, 4.69) is 188 Å². The van der Waals surface area contributed by atoms with Crippen molar-refractivity contribution in [3.05, 3.63) is 234 Å². The molecule has 9 aromatic carbocycles. The second-order valence-corrected chi connectivity index (χ2v) is 18.2. The minimum Gasteiger partial charge on any atom is -0.398 e. The van der Waals surface area contributed by atoms with E-state index < -0.39 is 0 Å². The number of nitrogen functional groups attached to an aromatic ring is 1. The number of benzene rings is 9. The highest BCUT2D eigenvalue weighted by atomic mass is 15.0. The van der Waals surface area contributed by atoms with Crippen LogP contribution in [0.1, 0.15) is 47.6 Å². The Kier molecular flexibility index (Phi) is 8.40. The summed E-state index contributed by atoms with van der Waals surface area (Å²) in [4.78, 5) is 15.2. The monoisotopic (exact) mass is 845 g/mol. The molecule has 0 saturated carbocycles. The second kappa shape index (κ2) is 14.6. The lowest BCUT2D eigenvalue weighted by molar-refractivity contribution is 0.660. The molecule has 1 atom stereocenters. The van der Waals surface area contributed by atoms with Crippen LogP contribution in [0.2, 0.25) is 0 Å². The quantitative estimate of drug-likeness (QED) is 0.169. The molecule has 0 radical (unpaired) electrons. The molecule has 2 aliphatic carbocycles. The number of hydrogen-bond donors (Lipinski definition) is 1. The van der Waals surface area contributed by atoms with Crippen molar-refractivity contribution in [2.45, 2.75) is 25.2 Å². The highest BCUT2D eigenvalue weighted by Crippen LogP contribution is 2.55. The molecule has 0 spiro atoms. The van der Waals surface area contributed by atoms with Crippen molar-refractivity contribution in [3.63, 3.8) is 0 Å². The molecular formula is C61H43N5. The standard InChI is InChI=1S/C61H43N5/c1-61(2)50-23-13-11-20-44(50)45-32-30-42(36-51(45)61)66-53-24-14-12-22-49(53)56-54(66)34-33-47-43-19-9-10-21-46(43)55(57(47)56)48-31-29-41(35-52(48)62)60-64-58(39-17-7-4-8-18-39)63-59(65-60)40-27-25-38(26-28-40)37-15-5-3-6-16-37/h3-36,55H,62H2,1-2H3. The van der Waals surface area contributed by atoms with Gasteiger partial charge in [-0.25, -0.2) is 15.0 Å². The zero-order valence-electron chi connectivity index (χ0n) is 36.6. The van der Waals surface area contributed by atoms with Gasteiger partial charge in [0.2, 0.25) is 0 Å². The Morgan fingerprint density at radius 1 is 0.424 bits per heavy atom. The fourth-order valence-electron chi connectivity index (χ4n) is 11.0. The molecular weight excluding hydrogens is 803 g/mol. The Hall–Kier alpha value is -8.41. The molecule has 0 fully saturated rings. The van der Waals surface area contributed by atoms with Crippen LogP contribution < -0.4 is 5.73 Å². The highest BCUT2D eigenvalue weighted by Gasteiger charge is 2.37. The minimum atomic E-state index is -0.113. The lowest BCUT2D eigenvalue weighted by Crippen LogP contribution is -2.15. The van der Waals surface area contributed by atoms with Crippen LogP contribution in [-0.2, 0) is 5.41 Å². The molecule has 2 N–H and O–H groups in total. The first-order valence-electron chi connectivity index (χ1n) is 22.7. The van der Waals surface area contributed by atoms with Gasteiger partial charge in [0.15, 0.2) is 17.5 Å². The Balaban J connectivity index is 0.954. The van der Waals surface area contributed by atoms with Gasteiger partial charge in [-0.3, -0.25) is 0 Å². The summed E-state index contributed by atoms with van der Waals surface area (Å²) in [5, 5.41) is 2.48. The molecule has 66 heavy (non-hydrogen) atoms. The summed E-state index contributed by atoms with van der Waals surface area (Å²) in [5.41, 5.74) is 27.8. The fourth-order valence-corrected chi connectivity index (χ4v) is 11.0. The summed E-state index contributed by atoms with van der Waals surface area (Å²) >= 11 is 0. The lowest BCUT2D eigenvalue weighted by Gasteiger charge is -2.22. The van der Waals surface area contributed by atoms with Crippen molar-refractivity contribution < 1.29 is 0 Å². The normalized spacial score (nSPS) is 14.2. The molecule has 0 saturated heterocycles. The average Bonchev–Trinajstić information content (AvgIpc) is 3.97. The molecule has 5 heteroatoms. The number of nitrogens with two attached hydrogens (primary N) is 1. The van der Waals surface area contributed by atoms with Crippen molar-refractivity contribution in [2.75, 3.05) is 5.73 Å². The molecule has 1 unspecified atom stereocenters. The van der Waals surface area contributed by atoms with Crippen LogP contribution in [0.4, 0.5) is 5.69 Å². The van der Waals surface area contributed by atoms with Gasteiger partial charge < -0.3 is 10.3 Å². The molecule has 0 aliphatic heterocycles. The molecule has 2 aromatic heterocycles. The lowest BCUT2D eigenvalue weighted by atomic mass is 9.82. The van der Waals surface area contributed by atoms with E-state index in [0.29, 0.717) is 23.2 Å². The third-order valence-electron chi connectivity index (χ3n) is 14.1. The Labute approximate surface area is 383 Å². The van der Waals surface area contributed by atoms with Crippen molar-refractivity contribution >= 4 is 27.5 Å². The average molecular weight is 846 g/mol. The van der Waals surface area contributed by atoms with Crippen molar-refractivity contribution in [1.82, 2.24) is 19.5 Å². The molecule has 312 valence electrons. The van der Waals surface area contributed by atoms with Crippen LogP contribution in [-0.4, -0.2) is 19.5 Å². The predicted molar refractivity (Wildman–Crippen MR) is 271 cm³/mol. The maximum Gasteiger partial charge on any atom is 0.164 e. The van der Waals surface area contributed by atoms with Gasteiger partial charge in [-0.05, 0) is 91.5 Å². The molecule has 0 amide bonds. The van der Waals surface area contributed by atoms with Crippen LogP contribution in [0.15, 0.2) is 206 Å². The molecule has 13 rings (SSSR count). The van der Waals surface area contributed by atoms with Gasteiger partial charge in [-0.2, -0.15) is 0 Å². The van der Waals surface area contributed by atoms with Gasteiger partial charge in [0, 0.05) is 50.2 Å². The maximum atomic E-state index is 7.31. The fraction of sp³-hybridized carbons (Fsp3) is 0.0656. The first-order valence-corrected chi connectivity index (χ1v) is 22.7. The van der Waals surface area contributed by atoms with Crippen LogP contribution >= 0.6 is 0 Å². The summed E-state index contributed by atoms with van der Waals surface area (Å²) in [6, 6.07) is 73.6. The third-order valence-corrected chi connectivity index (χ3v) is 14.1. The molecule has 11 aromatic rings. The van der Waals surface area contributed by atoms with Gasteiger partial charge >= 0.3 is 0 Å². The summed E-state index contributed by atoms with van der Waals surface area (Å²) < 4.78 is 2.47. The summed E-state index contributed by atoms with van der Waals surface area (Å²) in [6.45, 7) is 4.70. The zero-order valence-corrected chi connectivity index (χ0v) is 36.6. The first-order chi connectivity index (χ1) is 32.4. The maximum absolute atomic E-state index is 7.31. The van der Waals surface area contributed by atoms with Crippen LogP contribution in [0, 0.1) is 0 Å². The highest BCUT2D eigenvalue weighted by molar-refractivity contribution is 6.14.